The van der Waals surface area contributed by atoms with Gasteiger partial charge in [-0.25, -0.2) is 4.79 Å². The average Bonchev–Trinajstić information content (AvgIpc) is 2.89. The summed E-state index contributed by atoms with van der Waals surface area (Å²) in [5.74, 6) is 0.854. The molecule has 2 amide bonds. The van der Waals surface area contributed by atoms with E-state index >= 15 is 0 Å². The van der Waals surface area contributed by atoms with Gasteiger partial charge in [-0.2, -0.15) is 0 Å². The highest BCUT2D eigenvalue weighted by Gasteiger charge is 2.40. The van der Waals surface area contributed by atoms with Crippen LogP contribution in [0.3, 0.4) is 0 Å². The second kappa shape index (κ2) is 11.0. The zero-order chi connectivity index (χ0) is 22.9. The van der Waals surface area contributed by atoms with Crippen LogP contribution < -0.4 is 10.1 Å². The lowest BCUT2D eigenvalue weighted by Crippen LogP contribution is -2.40. The predicted molar refractivity (Wildman–Crippen MR) is 121 cm³/mol. The van der Waals surface area contributed by atoms with E-state index in [1.54, 1.807) is 7.11 Å². The summed E-state index contributed by atoms with van der Waals surface area (Å²) in [6.45, 7) is 14.6. The first-order chi connectivity index (χ1) is 14.0. The Morgan fingerprint density at radius 1 is 1.20 bits per heavy atom. The molecular formula is C24H38N2O4. The van der Waals surface area contributed by atoms with Crippen molar-refractivity contribution in [2.75, 3.05) is 13.7 Å². The number of hydrogen-bond donors (Lipinski definition) is 1. The number of ether oxygens (including phenoxy) is 2. The molecule has 0 unspecified atom stereocenters. The summed E-state index contributed by atoms with van der Waals surface area (Å²) in [5.41, 5.74) is 1.09. The Morgan fingerprint density at radius 3 is 2.33 bits per heavy atom. The van der Waals surface area contributed by atoms with Gasteiger partial charge in [-0.15, -0.1) is 0 Å². The molecule has 0 spiro atoms. The molecule has 0 radical (unpaired) electrons. The maximum absolute atomic E-state index is 12.9. The molecule has 6 heteroatoms. The number of rotatable bonds is 6. The number of likely N-dealkylation sites (tertiary alicyclic amines) is 1. The largest absolute Gasteiger partial charge is 0.497 e. The summed E-state index contributed by atoms with van der Waals surface area (Å²) >= 11 is 0. The van der Waals surface area contributed by atoms with Crippen molar-refractivity contribution in [2.24, 2.45) is 0 Å². The van der Waals surface area contributed by atoms with Gasteiger partial charge in [0.15, 0.2) is 0 Å². The fourth-order valence-corrected chi connectivity index (χ4v) is 3.18. The normalized spacial score (nSPS) is 16.7. The Labute approximate surface area is 181 Å². The number of carbonyl (C=O) groups is 2. The van der Waals surface area contributed by atoms with Crippen LogP contribution in [0.1, 0.15) is 66.9 Å². The summed E-state index contributed by atoms with van der Waals surface area (Å²) in [6, 6.07) is 7.77. The number of carbonyl (C=O) groups excluding carboxylic acids is 2. The van der Waals surface area contributed by atoms with E-state index < -0.39 is 11.7 Å². The molecule has 1 aliphatic heterocycles. The van der Waals surface area contributed by atoms with Gasteiger partial charge in [-0.05, 0) is 58.7 Å². The lowest BCUT2D eigenvalue weighted by molar-refractivity contribution is -0.128. The maximum Gasteiger partial charge on any atom is 0.407 e. The van der Waals surface area contributed by atoms with Crippen molar-refractivity contribution in [1.82, 2.24) is 10.2 Å². The molecule has 0 saturated carbocycles. The number of benzene rings is 1. The van der Waals surface area contributed by atoms with E-state index in [9.17, 15) is 9.59 Å². The van der Waals surface area contributed by atoms with E-state index in [4.69, 9.17) is 9.47 Å². The van der Waals surface area contributed by atoms with Crippen molar-refractivity contribution in [3.63, 3.8) is 0 Å². The van der Waals surface area contributed by atoms with Crippen molar-refractivity contribution in [3.05, 3.63) is 41.5 Å². The molecule has 1 saturated heterocycles. The van der Waals surface area contributed by atoms with Crippen LogP contribution in [0.15, 0.2) is 35.9 Å². The van der Waals surface area contributed by atoms with Gasteiger partial charge in [0.05, 0.1) is 7.11 Å². The Hall–Kier alpha value is -2.50. The first-order valence-electron chi connectivity index (χ1n) is 10.6. The molecule has 30 heavy (non-hydrogen) atoms. The quantitative estimate of drug-likeness (QED) is 0.517. The van der Waals surface area contributed by atoms with E-state index in [2.05, 4.69) is 19.2 Å². The predicted octanol–water partition coefficient (Wildman–Crippen LogP) is 5.07. The van der Waals surface area contributed by atoms with Crippen LogP contribution in [-0.4, -0.2) is 41.7 Å². The van der Waals surface area contributed by atoms with Crippen LogP contribution in [0, 0.1) is 0 Å². The molecule has 0 aliphatic carbocycles. The van der Waals surface area contributed by atoms with E-state index in [-0.39, 0.29) is 11.4 Å². The SMILES string of the molecule is CC.COc1ccc(CN2C(=O)/C(=C\CCNC(=O)OC(C)(C)C)CC2(C)C)cc1. The molecule has 1 aromatic rings. The van der Waals surface area contributed by atoms with E-state index in [1.807, 2.05) is 69.9 Å². The first kappa shape index (κ1) is 25.5. The highest BCUT2D eigenvalue weighted by atomic mass is 16.6. The Morgan fingerprint density at radius 2 is 1.80 bits per heavy atom. The molecule has 1 aliphatic rings. The van der Waals surface area contributed by atoms with Gasteiger partial charge in [-0.3, -0.25) is 4.79 Å². The molecule has 1 N–H and O–H groups in total. The zero-order valence-corrected chi connectivity index (χ0v) is 19.8. The van der Waals surface area contributed by atoms with Crippen molar-refractivity contribution < 1.29 is 19.1 Å². The molecule has 1 aromatic carbocycles. The lowest BCUT2D eigenvalue weighted by atomic mass is 9.99. The molecule has 0 aromatic heterocycles. The third-order valence-electron chi connectivity index (χ3n) is 4.58. The number of amides is 2. The molecule has 0 atom stereocenters. The van der Waals surface area contributed by atoms with Crippen LogP contribution in [-0.2, 0) is 16.1 Å². The minimum atomic E-state index is -0.518. The maximum atomic E-state index is 12.9. The van der Waals surface area contributed by atoms with Crippen LogP contribution in [0.4, 0.5) is 4.79 Å². The molecule has 1 fully saturated rings. The van der Waals surface area contributed by atoms with Crippen LogP contribution in [0.25, 0.3) is 0 Å². The minimum absolute atomic E-state index is 0.0538. The molecule has 168 valence electrons. The summed E-state index contributed by atoms with van der Waals surface area (Å²) in [6.07, 6.45) is 2.77. The van der Waals surface area contributed by atoms with Gasteiger partial charge < -0.3 is 19.7 Å². The molecular weight excluding hydrogens is 380 g/mol. The lowest BCUT2D eigenvalue weighted by Gasteiger charge is -2.31. The smallest absolute Gasteiger partial charge is 0.407 e. The van der Waals surface area contributed by atoms with E-state index in [0.717, 1.165) is 16.9 Å². The Kier molecular flexibility index (Phi) is 9.40. The van der Waals surface area contributed by atoms with Crippen LogP contribution in [0.5, 0.6) is 5.75 Å². The van der Waals surface area contributed by atoms with Gasteiger partial charge in [0.25, 0.3) is 0 Å². The van der Waals surface area contributed by atoms with Crippen LogP contribution >= 0.6 is 0 Å². The van der Waals surface area contributed by atoms with Gasteiger partial charge in [-0.1, -0.05) is 32.1 Å². The molecule has 1 heterocycles. The third-order valence-corrected chi connectivity index (χ3v) is 4.58. The standard InChI is InChI=1S/C22H32N2O4.C2H6/c1-21(2,3)28-20(26)23-13-7-8-17-14-22(4,5)24(19(17)25)15-16-9-11-18(27-6)12-10-16;1-2/h8-12H,7,13-15H2,1-6H3,(H,23,26);1-2H3/b17-8-;. The number of nitrogens with zero attached hydrogens (tertiary/aromatic N) is 1. The summed E-state index contributed by atoms with van der Waals surface area (Å²) in [5, 5.41) is 2.72. The monoisotopic (exact) mass is 418 g/mol. The van der Waals surface area contributed by atoms with Crippen molar-refractivity contribution in [2.45, 2.75) is 79.0 Å². The van der Waals surface area contributed by atoms with Gasteiger partial charge in [0.1, 0.15) is 11.4 Å². The number of alkyl carbamates (subject to hydrolysis) is 1. The number of hydrogen-bond acceptors (Lipinski definition) is 4. The highest BCUT2D eigenvalue weighted by molar-refractivity contribution is 5.96. The third kappa shape index (κ3) is 7.73. The minimum Gasteiger partial charge on any atom is -0.497 e. The molecule has 2 rings (SSSR count). The Balaban J connectivity index is 0.00000218. The summed E-state index contributed by atoms with van der Waals surface area (Å²) in [7, 11) is 1.64. The second-order valence-electron chi connectivity index (χ2n) is 8.68. The average molecular weight is 419 g/mol. The molecule has 0 bridgehead atoms. The van der Waals surface area contributed by atoms with Gasteiger partial charge in [0, 0.05) is 30.6 Å². The first-order valence-corrected chi connectivity index (χ1v) is 10.6. The topological polar surface area (TPSA) is 67.9 Å². The van der Waals surface area contributed by atoms with E-state index in [1.165, 1.54) is 0 Å². The number of nitrogens with one attached hydrogen (secondary N) is 1. The highest BCUT2D eigenvalue weighted by Crippen LogP contribution is 2.35. The molecule has 6 nitrogen and oxygen atoms in total. The fraction of sp³-hybridized carbons (Fsp3) is 0.583. The summed E-state index contributed by atoms with van der Waals surface area (Å²) in [4.78, 5) is 26.5. The fourth-order valence-electron chi connectivity index (χ4n) is 3.18. The zero-order valence-electron chi connectivity index (χ0n) is 19.8. The van der Waals surface area contributed by atoms with Crippen LogP contribution in [0.2, 0.25) is 0 Å². The van der Waals surface area contributed by atoms with Gasteiger partial charge in [0.2, 0.25) is 5.91 Å². The number of methoxy groups -OCH3 is 1. The van der Waals surface area contributed by atoms with E-state index in [0.29, 0.717) is 25.9 Å². The van der Waals surface area contributed by atoms with Crippen molar-refractivity contribution in [1.29, 1.82) is 0 Å². The van der Waals surface area contributed by atoms with Crippen molar-refractivity contribution >= 4 is 12.0 Å². The van der Waals surface area contributed by atoms with Gasteiger partial charge >= 0.3 is 6.09 Å². The summed E-state index contributed by atoms with van der Waals surface area (Å²) < 4.78 is 10.4. The second-order valence-corrected chi connectivity index (χ2v) is 8.68. The Bertz CT molecular complexity index is 731. The van der Waals surface area contributed by atoms with Crippen molar-refractivity contribution in [3.8, 4) is 5.75 Å².